The van der Waals surface area contributed by atoms with Gasteiger partial charge < -0.3 is 4.57 Å². The Morgan fingerprint density at radius 2 is 2.26 bits per heavy atom. The number of thioether (sulfide) groups is 1. The fraction of sp³-hybridized carbons (Fsp3) is 0.538. The first-order valence-electron chi connectivity index (χ1n) is 6.25. The van der Waals surface area contributed by atoms with Crippen LogP contribution in [0.3, 0.4) is 0 Å². The zero-order valence-electron chi connectivity index (χ0n) is 10.9. The molecular formula is C13H15Cl2N3S. The van der Waals surface area contributed by atoms with Crippen molar-refractivity contribution in [3.8, 4) is 0 Å². The molecule has 6 heteroatoms. The zero-order chi connectivity index (χ0) is 13.6. The summed E-state index contributed by atoms with van der Waals surface area (Å²) in [6.45, 7) is 2.87. The first kappa shape index (κ1) is 13.5. The monoisotopic (exact) mass is 315 g/mol. The molecule has 0 aliphatic heterocycles. The van der Waals surface area contributed by atoms with Gasteiger partial charge in [0.05, 0.1) is 10.4 Å². The zero-order valence-corrected chi connectivity index (χ0v) is 13.2. The summed E-state index contributed by atoms with van der Waals surface area (Å²) in [5, 5.41) is 0.475. The minimum absolute atomic E-state index is 0.134. The van der Waals surface area contributed by atoms with Crippen molar-refractivity contribution >= 4 is 46.1 Å². The molecule has 2 aromatic heterocycles. The van der Waals surface area contributed by atoms with E-state index in [2.05, 4.69) is 20.8 Å². The van der Waals surface area contributed by atoms with Crippen LogP contribution in [0.15, 0.2) is 12.3 Å². The van der Waals surface area contributed by atoms with Gasteiger partial charge in [-0.15, -0.1) is 11.6 Å². The number of aromatic nitrogens is 3. The molecule has 0 aromatic carbocycles. The molecule has 0 bridgehead atoms. The van der Waals surface area contributed by atoms with Crippen LogP contribution in [-0.4, -0.2) is 25.5 Å². The maximum absolute atomic E-state index is 6.26. The predicted molar refractivity (Wildman–Crippen MR) is 82.3 cm³/mol. The Labute approximate surface area is 126 Å². The molecule has 0 N–H and O–H groups in total. The maximum Gasteiger partial charge on any atom is 0.160 e. The molecule has 0 saturated heterocycles. The molecule has 2 heterocycles. The largest absolute Gasteiger partial charge is 0.310 e. The van der Waals surface area contributed by atoms with Crippen molar-refractivity contribution in [2.24, 2.45) is 0 Å². The average Bonchev–Trinajstić information content (AvgIpc) is 3.06. The number of fused-ring (bicyclic) bond motifs is 1. The van der Waals surface area contributed by atoms with Crippen LogP contribution < -0.4 is 0 Å². The van der Waals surface area contributed by atoms with Gasteiger partial charge in [0.2, 0.25) is 0 Å². The van der Waals surface area contributed by atoms with Crippen molar-refractivity contribution < 1.29 is 0 Å². The number of hydrogen-bond acceptors (Lipinski definition) is 3. The van der Waals surface area contributed by atoms with Crippen molar-refractivity contribution in [1.29, 1.82) is 0 Å². The number of halogens is 2. The second-order valence-electron chi connectivity index (χ2n) is 5.06. The van der Waals surface area contributed by atoms with Crippen LogP contribution in [0.25, 0.3) is 11.2 Å². The first-order valence-corrected chi connectivity index (χ1v) is 8.29. The SMILES string of the molecule is CSC1(Cn2c(C(C)Cl)nc3cc(Cl)cnc32)CC1. The molecule has 1 saturated carbocycles. The van der Waals surface area contributed by atoms with Gasteiger partial charge in [0, 0.05) is 17.5 Å². The van der Waals surface area contributed by atoms with E-state index in [1.165, 1.54) is 12.8 Å². The van der Waals surface area contributed by atoms with Crippen molar-refractivity contribution in [2.45, 2.75) is 36.4 Å². The molecule has 1 atom stereocenters. The van der Waals surface area contributed by atoms with E-state index in [4.69, 9.17) is 23.2 Å². The van der Waals surface area contributed by atoms with Gasteiger partial charge in [0.15, 0.2) is 5.65 Å². The summed E-state index contributed by atoms with van der Waals surface area (Å²) in [5.74, 6) is 0.881. The van der Waals surface area contributed by atoms with Gasteiger partial charge in [0.1, 0.15) is 11.3 Å². The lowest BCUT2D eigenvalue weighted by atomic mass is 10.3. The van der Waals surface area contributed by atoms with E-state index in [1.807, 2.05) is 24.8 Å². The van der Waals surface area contributed by atoms with Crippen LogP contribution in [0.1, 0.15) is 31.0 Å². The van der Waals surface area contributed by atoms with Gasteiger partial charge in [-0.3, -0.25) is 0 Å². The normalized spacial score (nSPS) is 18.7. The van der Waals surface area contributed by atoms with E-state index in [0.717, 1.165) is 23.5 Å². The molecule has 19 heavy (non-hydrogen) atoms. The van der Waals surface area contributed by atoms with Gasteiger partial charge in [-0.05, 0) is 32.1 Å². The minimum Gasteiger partial charge on any atom is -0.310 e. The lowest BCUT2D eigenvalue weighted by molar-refractivity contribution is 0.635. The standard InChI is InChI=1S/C13H15Cl2N3S/c1-8(14)11-17-10-5-9(15)6-16-12(10)18(11)7-13(19-2)3-4-13/h5-6,8H,3-4,7H2,1-2H3. The van der Waals surface area contributed by atoms with Crippen molar-refractivity contribution in [3.05, 3.63) is 23.1 Å². The highest BCUT2D eigenvalue weighted by molar-refractivity contribution is 8.00. The molecule has 2 aromatic rings. The average molecular weight is 316 g/mol. The van der Waals surface area contributed by atoms with E-state index in [9.17, 15) is 0 Å². The van der Waals surface area contributed by atoms with Gasteiger partial charge >= 0.3 is 0 Å². The van der Waals surface area contributed by atoms with E-state index < -0.39 is 0 Å². The number of nitrogens with zero attached hydrogens (tertiary/aromatic N) is 3. The van der Waals surface area contributed by atoms with Crippen LogP contribution in [-0.2, 0) is 6.54 Å². The summed E-state index contributed by atoms with van der Waals surface area (Å²) >= 11 is 14.2. The Bertz CT molecular complexity index is 620. The quantitative estimate of drug-likeness (QED) is 0.789. The molecular weight excluding hydrogens is 301 g/mol. The van der Waals surface area contributed by atoms with E-state index in [0.29, 0.717) is 9.77 Å². The van der Waals surface area contributed by atoms with Gasteiger partial charge in [-0.2, -0.15) is 11.8 Å². The summed E-state index contributed by atoms with van der Waals surface area (Å²) in [7, 11) is 0. The van der Waals surface area contributed by atoms with Crippen molar-refractivity contribution in [3.63, 3.8) is 0 Å². The Kier molecular flexibility index (Phi) is 3.44. The smallest absolute Gasteiger partial charge is 0.160 e. The van der Waals surface area contributed by atoms with E-state index in [-0.39, 0.29) is 5.38 Å². The summed E-state index contributed by atoms with van der Waals surface area (Å²) in [5.41, 5.74) is 1.71. The number of rotatable bonds is 4. The van der Waals surface area contributed by atoms with Crippen molar-refractivity contribution in [2.75, 3.05) is 6.26 Å². The van der Waals surface area contributed by atoms with Gasteiger partial charge in [0.25, 0.3) is 0 Å². The van der Waals surface area contributed by atoms with Crippen LogP contribution in [0.2, 0.25) is 5.02 Å². The van der Waals surface area contributed by atoms with Crippen LogP contribution in [0, 0.1) is 0 Å². The fourth-order valence-electron chi connectivity index (χ4n) is 2.32. The van der Waals surface area contributed by atoms with Gasteiger partial charge in [-0.1, -0.05) is 11.6 Å². The third kappa shape index (κ3) is 2.46. The Morgan fingerprint density at radius 3 is 2.84 bits per heavy atom. The van der Waals surface area contributed by atoms with Crippen LogP contribution >= 0.6 is 35.0 Å². The molecule has 3 nitrogen and oxygen atoms in total. The first-order chi connectivity index (χ1) is 9.04. The van der Waals surface area contributed by atoms with Gasteiger partial charge in [-0.25, -0.2) is 9.97 Å². The highest BCUT2D eigenvalue weighted by atomic mass is 35.5. The Morgan fingerprint density at radius 1 is 1.53 bits per heavy atom. The predicted octanol–water partition coefficient (Wildman–Crippen LogP) is 4.28. The number of imidazole rings is 1. The Balaban J connectivity index is 2.11. The molecule has 0 spiro atoms. The summed E-state index contributed by atoms with van der Waals surface area (Å²) in [6.07, 6.45) is 6.33. The summed E-state index contributed by atoms with van der Waals surface area (Å²) in [6, 6.07) is 1.85. The lowest BCUT2D eigenvalue weighted by Gasteiger charge is -2.16. The van der Waals surface area contributed by atoms with Crippen LogP contribution in [0.4, 0.5) is 0 Å². The Hall–Kier alpha value is -0.450. The minimum atomic E-state index is -0.134. The topological polar surface area (TPSA) is 30.7 Å². The van der Waals surface area contributed by atoms with E-state index in [1.54, 1.807) is 6.20 Å². The molecule has 1 aliphatic rings. The highest BCUT2D eigenvalue weighted by Crippen LogP contribution is 2.49. The fourth-order valence-corrected chi connectivity index (χ4v) is 3.41. The molecule has 0 radical (unpaired) electrons. The number of hydrogen-bond donors (Lipinski definition) is 0. The van der Waals surface area contributed by atoms with Crippen LogP contribution in [0.5, 0.6) is 0 Å². The highest BCUT2D eigenvalue weighted by Gasteiger charge is 2.43. The number of alkyl halides is 1. The molecule has 102 valence electrons. The van der Waals surface area contributed by atoms with Crippen molar-refractivity contribution in [1.82, 2.24) is 14.5 Å². The lowest BCUT2D eigenvalue weighted by Crippen LogP contribution is -2.16. The molecule has 1 aliphatic carbocycles. The summed E-state index contributed by atoms with van der Waals surface area (Å²) < 4.78 is 2.50. The maximum atomic E-state index is 6.26. The molecule has 1 unspecified atom stereocenters. The van der Waals surface area contributed by atoms with E-state index >= 15 is 0 Å². The molecule has 0 amide bonds. The third-order valence-electron chi connectivity index (χ3n) is 3.62. The molecule has 1 fully saturated rings. The molecule has 3 rings (SSSR count). The summed E-state index contributed by atoms with van der Waals surface area (Å²) in [4.78, 5) is 9.02. The number of pyridine rings is 1. The second kappa shape index (κ2) is 4.83. The third-order valence-corrected chi connectivity index (χ3v) is 5.43. The second-order valence-corrected chi connectivity index (χ2v) is 7.42.